The molecule has 0 radical (unpaired) electrons. The van der Waals surface area contributed by atoms with E-state index in [0.717, 1.165) is 0 Å². The van der Waals surface area contributed by atoms with Crippen LogP contribution in [0.15, 0.2) is 12.1 Å². The quantitative estimate of drug-likeness (QED) is 0.265. The summed E-state index contributed by atoms with van der Waals surface area (Å²) in [5.74, 6) is 0. The number of aryl methyl sites for hydroxylation is 4. The molecular weight excluding hydrogens is 344 g/mol. The first kappa shape index (κ1) is 13.5. The van der Waals surface area contributed by atoms with Crippen molar-refractivity contribution in [2.24, 2.45) is 0 Å². The van der Waals surface area contributed by atoms with Crippen molar-refractivity contribution in [2.45, 2.75) is 27.7 Å². The number of thiophene rings is 4. The predicted molar refractivity (Wildman–Crippen MR) is 107 cm³/mol. The van der Waals surface area contributed by atoms with E-state index in [0.29, 0.717) is 0 Å². The van der Waals surface area contributed by atoms with Crippen LogP contribution >= 0.6 is 45.3 Å². The molecule has 0 aliphatic carbocycles. The molecular formula is C18H14S4. The molecule has 4 heterocycles. The maximum atomic E-state index is 2.36. The second kappa shape index (κ2) is 4.32. The Kier molecular flexibility index (Phi) is 2.65. The van der Waals surface area contributed by atoms with Crippen LogP contribution in [0.3, 0.4) is 0 Å². The summed E-state index contributed by atoms with van der Waals surface area (Å²) in [6, 6.07) is 4.71. The molecule has 0 amide bonds. The van der Waals surface area contributed by atoms with Gasteiger partial charge in [0.2, 0.25) is 0 Å². The minimum atomic E-state index is 1.42. The summed E-state index contributed by atoms with van der Waals surface area (Å²) in [6.07, 6.45) is 0. The van der Waals surface area contributed by atoms with Gasteiger partial charge in [-0.3, -0.25) is 0 Å². The van der Waals surface area contributed by atoms with Crippen molar-refractivity contribution in [1.29, 1.82) is 0 Å². The molecule has 0 bridgehead atoms. The largest absolute Gasteiger partial charge is 0.139 e. The summed E-state index contributed by atoms with van der Waals surface area (Å²) in [7, 11) is 0. The fourth-order valence-electron chi connectivity index (χ4n) is 3.33. The van der Waals surface area contributed by atoms with Gasteiger partial charge in [-0.25, -0.2) is 0 Å². The number of hydrogen-bond donors (Lipinski definition) is 0. The van der Waals surface area contributed by atoms with Crippen LogP contribution in [0.5, 0.6) is 0 Å². The second-order valence-electron chi connectivity index (χ2n) is 5.96. The van der Waals surface area contributed by atoms with Crippen molar-refractivity contribution in [3.63, 3.8) is 0 Å². The Morgan fingerprint density at radius 3 is 1.36 bits per heavy atom. The SMILES string of the molecule is Cc1cc2sc3c(C)c(C)c4sc5cc(C)sc5c4c3c2s1. The normalized spacial score (nSPS) is 12.5. The summed E-state index contributed by atoms with van der Waals surface area (Å²) in [4.78, 5) is 2.84. The summed E-state index contributed by atoms with van der Waals surface area (Å²) in [5, 5.41) is 3.04. The van der Waals surface area contributed by atoms with Crippen molar-refractivity contribution >= 4 is 84.3 Å². The third-order valence-corrected chi connectivity index (χ3v) is 9.38. The van der Waals surface area contributed by atoms with Crippen LogP contribution in [0.25, 0.3) is 39.0 Å². The Morgan fingerprint density at radius 1 is 0.545 bits per heavy atom. The molecule has 0 spiro atoms. The Labute approximate surface area is 144 Å². The molecule has 5 aromatic rings. The third kappa shape index (κ3) is 1.56. The molecule has 0 saturated heterocycles. The number of benzene rings is 1. The van der Waals surface area contributed by atoms with Gasteiger partial charge in [0.15, 0.2) is 0 Å². The lowest BCUT2D eigenvalue weighted by atomic mass is 10.0. The minimum Gasteiger partial charge on any atom is -0.139 e. The smallest absolute Gasteiger partial charge is 0.0539 e. The van der Waals surface area contributed by atoms with Gasteiger partial charge in [0.05, 0.1) is 9.40 Å². The molecule has 4 aromatic heterocycles. The maximum Gasteiger partial charge on any atom is 0.0539 e. The Bertz CT molecular complexity index is 1110. The Hall–Kier alpha value is -0.940. The summed E-state index contributed by atoms with van der Waals surface area (Å²) < 4.78 is 8.90. The van der Waals surface area contributed by atoms with Crippen LogP contribution in [-0.2, 0) is 0 Å². The summed E-state index contributed by atoms with van der Waals surface area (Å²) in [5.41, 5.74) is 2.94. The highest BCUT2D eigenvalue weighted by molar-refractivity contribution is 7.35. The van der Waals surface area contributed by atoms with Crippen molar-refractivity contribution in [3.05, 3.63) is 33.0 Å². The van der Waals surface area contributed by atoms with E-state index in [9.17, 15) is 0 Å². The number of hydrogen-bond acceptors (Lipinski definition) is 4. The first-order chi connectivity index (χ1) is 10.5. The van der Waals surface area contributed by atoms with E-state index < -0.39 is 0 Å². The van der Waals surface area contributed by atoms with Crippen molar-refractivity contribution in [1.82, 2.24) is 0 Å². The zero-order valence-electron chi connectivity index (χ0n) is 12.8. The molecule has 110 valence electrons. The Balaban J connectivity index is 2.20. The van der Waals surface area contributed by atoms with Crippen molar-refractivity contribution in [2.75, 3.05) is 0 Å². The molecule has 0 fully saturated rings. The van der Waals surface area contributed by atoms with Gasteiger partial charge in [0.25, 0.3) is 0 Å². The zero-order valence-corrected chi connectivity index (χ0v) is 16.1. The molecule has 0 atom stereocenters. The van der Waals surface area contributed by atoms with Gasteiger partial charge < -0.3 is 0 Å². The number of fused-ring (bicyclic) bond motifs is 7. The molecule has 22 heavy (non-hydrogen) atoms. The topological polar surface area (TPSA) is 0 Å². The zero-order chi connectivity index (χ0) is 15.2. The number of rotatable bonds is 0. The monoisotopic (exact) mass is 358 g/mol. The van der Waals surface area contributed by atoms with Crippen LogP contribution in [-0.4, -0.2) is 0 Å². The molecule has 5 rings (SSSR count). The van der Waals surface area contributed by atoms with Crippen LogP contribution in [0.4, 0.5) is 0 Å². The third-order valence-electron chi connectivity index (χ3n) is 4.47. The van der Waals surface area contributed by atoms with E-state index in [1.807, 2.05) is 45.3 Å². The molecule has 0 nitrogen and oxygen atoms in total. The van der Waals surface area contributed by atoms with Gasteiger partial charge in [-0.05, 0) is 51.0 Å². The molecule has 0 saturated carbocycles. The first-order valence-corrected chi connectivity index (χ1v) is 10.6. The Morgan fingerprint density at radius 2 is 0.955 bits per heavy atom. The summed E-state index contributed by atoms with van der Waals surface area (Å²) in [6.45, 7) is 9.03. The summed E-state index contributed by atoms with van der Waals surface area (Å²) >= 11 is 7.87. The van der Waals surface area contributed by atoms with Gasteiger partial charge in [0.1, 0.15) is 0 Å². The van der Waals surface area contributed by atoms with Gasteiger partial charge in [0, 0.05) is 39.3 Å². The predicted octanol–water partition coefficient (Wildman–Crippen LogP) is 7.78. The van der Waals surface area contributed by atoms with Crippen molar-refractivity contribution < 1.29 is 0 Å². The van der Waals surface area contributed by atoms with E-state index in [4.69, 9.17) is 0 Å². The first-order valence-electron chi connectivity index (χ1n) is 7.29. The lowest BCUT2D eigenvalue weighted by Crippen LogP contribution is -1.81. The highest BCUT2D eigenvalue weighted by Crippen LogP contribution is 2.51. The van der Waals surface area contributed by atoms with E-state index >= 15 is 0 Å². The average molecular weight is 359 g/mol. The fraction of sp³-hybridized carbons (Fsp3) is 0.222. The lowest BCUT2D eigenvalue weighted by Gasteiger charge is -2.05. The average Bonchev–Trinajstić information content (AvgIpc) is 3.14. The van der Waals surface area contributed by atoms with Crippen LogP contribution in [0.1, 0.15) is 20.9 Å². The minimum absolute atomic E-state index is 1.42. The fourth-order valence-corrected chi connectivity index (χ4v) is 8.57. The highest BCUT2D eigenvalue weighted by atomic mass is 32.1. The van der Waals surface area contributed by atoms with E-state index in [-0.39, 0.29) is 0 Å². The van der Waals surface area contributed by atoms with E-state index in [2.05, 4.69) is 39.8 Å². The van der Waals surface area contributed by atoms with Crippen molar-refractivity contribution in [3.8, 4) is 0 Å². The van der Waals surface area contributed by atoms with Gasteiger partial charge in [-0.1, -0.05) is 0 Å². The molecule has 4 heteroatoms. The molecule has 0 N–H and O–H groups in total. The lowest BCUT2D eigenvalue weighted by molar-refractivity contribution is 1.44. The van der Waals surface area contributed by atoms with E-state index in [1.165, 1.54) is 59.9 Å². The van der Waals surface area contributed by atoms with Gasteiger partial charge >= 0.3 is 0 Å². The van der Waals surface area contributed by atoms with Crippen LogP contribution in [0.2, 0.25) is 0 Å². The van der Waals surface area contributed by atoms with Gasteiger partial charge in [-0.2, -0.15) is 0 Å². The van der Waals surface area contributed by atoms with E-state index in [1.54, 1.807) is 0 Å². The van der Waals surface area contributed by atoms with Gasteiger partial charge in [-0.15, -0.1) is 45.3 Å². The second-order valence-corrected chi connectivity index (χ2v) is 10.6. The maximum absolute atomic E-state index is 2.36. The highest BCUT2D eigenvalue weighted by Gasteiger charge is 2.20. The molecule has 0 aliphatic rings. The standard InChI is InChI=1S/C18H14S4/c1-7-5-11-17(19-7)13-14-16(10(4)9(3)15(13)21-11)22-12-6-8(2)20-18(12)14/h5-6H,1-4H3. The van der Waals surface area contributed by atoms with Crippen LogP contribution in [0, 0.1) is 27.7 Å². The molecule has 0 unspecified atom stereocenters. The molecule has 1 aromatic carbocycles. The van der Waals surface area contributed by atoms with Crippen LogP contribution < -0.4 is 0 Å². The molecule has 0 aliphatic heterocycles.